The zero-order valence-electron chi connectivity index (χ0n) is 16.2. The molecule has 2 N–H and O–H groups in total. The number of hydrogen-bond donors (Lipinski definition) is 2. The van der Waals surface area contributed by atoms with Gasteiger partial charge in [0.15, 0.2) is 0 Å². The summed E-state index contributed by atoms with van der Waals surface area (Å²) in [5, 5.41) is 6.71. The maximum atomic E-state index is 13.8. The van der Waals surface area contributed by atoms with Gasteiger partial charge in [0.05, 0.1) is 17.7 Å². The van der Waals surface area contributed by atoms with Gasteiger partial charge >= 0.3 is 6.03 Å². The predicted molar refractivity (Wildman–Crippen MR) is 111 cm³/mol. The van der Waals surface area contributed by atoms with Crippen LogP contribution in [-0.2, 0) is 6.54 Å². The highest BCUT2D eigenvalue weighted by Crippen LogP contribution is 2.37. The molecule has 0 unspecified atom stereocenters. The van der Waals surface area contributed by atoms with Gasteiger partial charge in [0.25, 0.3) is 0 Å². The molecule has 0 saturated carbocycles. The average molecular weight is 418 g/mol. The molecule has 2 heterocycles. The second kappa shape index (κ2) is 9.01. The van der Waals surface area contributed by atoms with Crippen LogP contribution in [0.5, 0.6) is 5.75 Å². The SMILES string of the molecule is O=C(NC1CCN(Cc2ccccc2F)CC1)N[C@@H]1CCOc2c(Cl)cccc21. The molecule has 2 amide bonds. The first-order valence-electron chi connectivity index (χ1n) is 10.0. The van der Waals surface area contributed by atoms with Crippen LogP contribution in [0.3, 0.4) is 0 Å². The van der Waals surface area contributed by atoms with Gasteiger partial charge in [0, 0.05) is 43.2 Å². The number of urea groups is 1. The largest absolute Gasteiger partial charge is 0.492 e. The molecular weight excluding hydrogens is 393 g/mol. The number of amides is 2. The Morgan fingerprint density at radius 1 is 1.10 bits per heavy atom. The highest BCUT2D eigenvalue weighted by Gasteiger charge is 2.26. The molecule has 0 aliphatic carbocycles. The standard InChI is InChI=1S/C22H25ClFN3O2/c23-18-6-3-5-17-20(10-13-29-21(17)18)26-22(28)25-16-8-11-27(12-9-16)14-15-4-1-2-7-19(15)24/h1-7,16,20H,8-14H2,(H2,25,26,28)/t20-/m1/s1. The Balaban J connectivity index is 1.27. The number of carbonyl (C=O) groups excluding carboxylic acids is 1. The fourth-order valence-corrected chi connectivity index (χ4v) is 4.26. The van der Waals surface area contributed by atoms with E-state index in [4.69, 9.17) is 16.3 Å². The summed E-state index contributed by atoms with van der Waals surface area (Å²) in [6.07, 6.45) is 2.40. The van der Waals surface area contributed by atoms with E-state index >= 15 is 0 Å². The van der Waals surface area contributed by atoms with Crippen LogP contribution in [0.25, 0.3) is 0 Å². The van der Waals surface area contributed by atoms with Crippen LogP contribution in [0.4, 0.5) is 9.18 Å². The van der Waals surface area contributed by atoms with E-state index in [0.717, 1.165) is 31.5 Å². The Labute approximate surface area is 175 Å². The molecule has 2 aromatic carbocycles. The van der Waals surface area contributed by atoms with Crippen LogP contribution in [0.15, 0.2) is 42.5 Å². The molecule has 4 rings (SSSR count). The van der Waals surface area contributed by atoms with Gasteiger partial charge in [-0.3, -0.25) is 4.90 Å². The van der Waals surface area contributed by atoms with Gasteiger partial charge in [-0.2, -0.15) is 0 Å². The summed E-state index contributed by atoms with van der Waals surface area (Å²) in [7, 11) is 0. The molecule has 2 aliphatic heterocycles. The molecule has 154 valence electrons. The van der Waals surface area contributed by atoms with Crippen molar-refractivity contribution in [3.8, 4) is 5.75 Å². The van der Waals surface area contributed by atoms with E-state index in [1.807, 2.05) is 24.3 Å². The number of carbonyl (C=O) groups is 1. The first kappa shape index (κ1) is 20.0. The summed E-state index contributed by atoms with van der Waals surface area (Å²) in [4.78, 5) is 14.8. The minimum Gasteiger partial charge on any atom is -0.492 e. The van der Waals surface area contributed by atoms with E-state index in [-0.39, 0.29) is 23.9 Å². The van der Waals surface area contributed by atoms with Crippen LogP contribution < -0.4 is 15.4 Å². The molecule has 2 aliphatic rings. The zero-order valence-corrected chi connectivity index (χ0v) is 16.9. The Hall–Kier alpha value is -2.31. The van der Waals surface area contributed by atoms with Gasteiger partial charge in [0.1, 0.15) is 11.6 Å². The fraction of sp³-hybridized carbons (Fsp3) is 0.409. The van der Waals surface area contributed by atoms with E-state index in [1.54, 1.807) is 12.1 Å². The Kier molecular flexibility index (Phi) is 6.21. The lowest BCUT2D eigenvalue weighted by atomic mass is 10.0. The van der Waals surface area contributed by atoms with E-state index in [1.165, 1.54) is 6.07 Å². The summed E-state index contributed by atoms with van der Waals surface area (Å²) < 4.78 is 19.5. The average Bonchev–Trinajstić information content (AvgIpc) is 2.72. The second-order valence-corrected chi connectivity index (χ2v) is 8.01. The topological polar surface area (TPSA) is 53.6 Å². The zero-order chi connectivity index (χ0) is 20.2. The molecular formula is C22H25ClFN3O2. The van der Waals surface area contributed by atoms with Crippen molar-refractivity contribution in [1.82, 2.24) is 15.5 Å². The smallest absolute Gasteiger partial charge is 0.315 e. The molecule has 0 aromatic heterocycles. The summed E-state index contributed by atoms with van der Waals surface area (Å²) in [6, 6.07) is 12.3. The molecule has 1 saturated heterocycles. The van der Waals surface area contributed by atoms with Crippen molar-refractivity contribution in [2.24, 2.45) is 0 Å². The third-order valence-corrected chi connectivity index (χ3v) is 5.90. The van der Waals surface area contributed by atoms with E-state index in [2.05, 4.69) is 15.5 Å². The van der Waals surface area contributed by atoms with Crippen molar-refractivity contribution in [1.29, 1.82) is 0 Å². The number of nitrogens with zero attached hydrogens (tertiary/aromatic N) is 1. The van der Waals surface area contributed by atoms with Gasteiger partial charge in [-0.05, 0) is 25.0 Å². The van der Waals surface area contributed by atoms with Gasteiger partial charge in [-0.25, -0.2) is 9.18 Å². The molecule has 1 fully saturated rings. The van der Waals surface area contributed by atoms with Gasteiger partial charge < -0.3 is 15.4 Å². The lowest BCUT2D eigenvalue weighted by molar-refractivity contribution is 0.182. The van der Waals surface area contributed by atoms with Gasteiger partial charge in [-0.1, -0.05) is 41.9 Å². The van der Waals surface area contributed by atoms with Crippen LogP contribution >= 0.6 is 11.6 Å². The minimum atomic E-state index is -0.171. The third-order valence-electron chi connectivity index (χ3n) is 5.61. The first-order chi connectivity index (χ1) is 14.1. The Morgan fingerprint density at radius 3 is 2.69 bits per heavy atom. The first-order valence-corrected chi connectivity index (χ1v) is 10.4. The normalized spacial score (nSPS) is 19.9. The molecule has 2 aromatic rings. The third kappa shape index (κ3) is 4.82. The van der Waals surface area contributed by atoms with Crippen LogP contribution in [0.2, 0.25) is 5.02 Å². The number of hydrogen-bond acceptors (Lipinski definition) is 3. The lowest BCUT2D eigenvalue weighted by Crippen LogP contribution is -2.48. The number of rotatable bonds is 4. The quantitative estimate of drug-likeness (QED) is 0.781. The number of fused-ring (bicyclic) bond motifs is 1. The lowest BCUT2D eigenvalue weighted by Gasteiger charge is -2.33. The molecule has 29 heavy (non-hydrogen) atoms. The molecule has 0 spiro atoms. The summed E-state index contributed by atoms with van der Waals surface area (Å²) in [6.45, 7) is 2.78. The Bertz CT molecular complexity index is 871. The summed E-state index contributed by atoms with van der Waals surface area (Å²) in [5.41, 5.74) is 1.63. The molecule has 0 bridgehead atoms. The number of benzene rings is 2. The predicted octanol–water partition coefficient (Wildman–Crippen LogP) is 4.27. The van der Waals surface area contributed by atoms with Crippen molar-refractivity contribution < 1.29 is 13.9 Å². The number of halogens is 2. The van der Waals surface area contributed by atoms with E-state index < -0.39 is 0 Å². The second-order valence-electron chi connectivity index (χ2n) is 7.61. The highest BCUT2D eigenvalue weighted by molar-refractivity contribution is 6.32. The Morgan fingerprint density at radius 2 is 1.90 bits per heavy atom. The molecule has 1 atom stereocenters. The van der Waals surface area contributed by atoms with Crippen LogP contribution in [0, 0.1) is 5.82 Å². The molecule has 7 heteroatoms. The highest BCUT2D eigenvalue weighted by atomic mass is 35.5. The van der Waals surface area contributed by atoms with Crippen LogP contribution in [0.1, 0.15) is 36.4 Å². The maximum Gasteiger partial charge on any atom is 0.315 e. The summed E-state index contributed by atoms with van der Waals surface area (Å²) >= 11 is 6.20. The number of nitrogens with one attached hydrogen (secondary N) is 2. The van der Waals surface area contributed by atoms with Crippen molar-refractivity contribution in [3.05, 3.63) is 64.4 Å². The number of likely N-dealkylation sites (tertiary alicyclic amines) is 1. The number of piperidine rings is 1. The summed E-state index contributed by atoms with van der Waals surface area (Å²) in [5.74, 6) is 0.496. The number of para-hydroxylation sites is 1. The monoisotopic (exact) mass is 417 g/mol. The van der Waals surface area contributed by atoms with Crippen LogP contribution in [-0.4, -0.2) is 36.7 Å². The molecule has 5 nitrogen and oxygen atoms in total. The fourth-order valence-electron chi connectivity index (χ4n) is 4.02. The van der Waals surface area contributed by atoms with Gasteiger partial charge in [-0.15, -0.1) is 0 Å². The molecule has 0 radical (unpaired) electrons. The van der Waals surface area contributed by atoms with Crippen molar-refractivity contribution >= 4 is 17.6 Å². The van der Waals surface area contributed by atoms with E-state index in [9.17, 15) is 9.18 Å². The van der Waals surface area contributed by atoms with Crippen molar-refractivity contribution in [3.63, 3.8) is 0 Å². The van der Waals surface area contributed by atoms with E-state index in [0.29, 0.717) is 35.9 Å². The minimum absolute atomic E-state index is 0.112. The van der Waals surface area contributed by atoms with Crippen molar-refractivity contribution in [2.75, 3.05) is 19.7 Å². The van der Waals surface area contributed by atoms with Gasteiger partial charge in [0.2, 0.25) is 0 Å². The maximum absolute atomic E-state index is 13.8. The number of ether oxygens (including phenoxy) is 1. The van der Waals surface area contributed by atoms with Crippen molar-refractivity contribution in [2.45, 2.75) is 37.9 Å².